The summed E-state index contributed by atoms with van der Waals surface area (Å²) in [6.07, 6.45) is 7.66. The Hall–Kier alpha value is -9.12. The van der Waals surface area contributed by atoms with Gasteiger partial charge in [0.05, 0.1) is 5.58 Å². The Kier molecular flexibility index (Phi) is 13.5. The number of aromatic nitrogens is 3. The van der Waals surface area contributed by atoms with Gasteiger partial charge in [0.2, 0.25) is 0 Å². The van der Waals surface area contributed by atoms with Crippen molar-refractivity contribution in [3.63, 3.8) is 0 Å². The first-order chi connectivity index (χ1) is 37.2. The number of para-hydroxylation sites is 1. The minimum Gasteiger partial charge on any atom is -0.501 e. The standard InChI is InChI=1S/C71H46N3O.Ir/c1-5-20-50(21-6-1)63-43-68(52-24-9-3-10-25-52)73-46-65(63)58-30-15-13-28-56(58)54-40-49(37-36-48-38-39-67(72-45-48)62-34-19-33-61-60-32-17-18-35-70(60)75-71(61)62)41-55(42-54)57-29-14-16-31-59(57)66-47-74-69(53-26-11-4-12-27-53)44-64(66)51-22-7-2-8-23-51;/h1-24,26,28-33,35,38-47H,36-37H2;/q-3;+3. The van der Waals surface area contributed by atoms with Crippen LogP contribution in [0.3, 0.4) is 0 Å². The van der Waals surface area contributed by atoms with Crippen molar-refractivity contribution in [2.75, 3.05) is 0 Å². The third-order valence-corrected chi connectivity index (χ3v) is 14.1. The summed E-state index contributed by atoms with van der Waals surface area (Å²) in [4.78, 5) is 15.2. The third kappa shape index (κ3) is 9.51. The van der Waals surface area contributed by atoms with Crippen LogP contribution in [0, 0.1) is 18.2 Å². The van der Waals surface area contributed by atoms with E-state index in [2.05, 4.69) is 194 Å². The zero-order valence-corrected chi connectivity index (χ0v) is 43.6. The fourth-order valence-corrected chi connectivity index (χ4v) is 10.4. The molecule has 76 heavy (non-hydrogen) atoms. The van der Waals surface area contributed by atoms with E-state index in [1.54, 1.807) is 0 Å². The number of benzene rings is 9. The average Bonchev–Trinajstić information content (AvgIpc) is 3.90. The van der Waals surface area contributed by atoms with Gasteiger partial charge in [0.25, 0.3) is 0 Å². The molecule has 0 aliphatic rings. The monoisotopic (exact) mass is 1150 g/mol. The Bertz CT molecular complexity index is 3970. The molecule has 0 saturated heterocycles. The quantitative estimate of drug-likeness (QED) is 0.114. The predicted molar refractivity (Wildman–Crippen MR) is 306 cm³/mol. The average molecular weight is 1150 g/mol. The molecule has 0 radical (unpaired) electrons. The minimum atomic E-state index is 0. The maximum absolute atomic E-state index is 6.37. The number of fused-ring (bicyclic) bond motifs is 3. The van der Waals surface area contributed by atoms with Gasteiger partial charge in [-0.3, -0.25) is 0 Å². The van der Waals surface area contributed by atoms with Gasteiger partial charge in [-0.2, -0.15) is 0 Å². The fraction of sp³-hybridized carbons (Fsp3) is 0.0282. The van der Waals surface area contributed by atoms with E-state index in [4.69, 9.17) is 19.4 Å². The second-order valence-corrected chi connectivity index (χ2v) is 18.8. The van der Waals surface area contributed by atoms with Gasteiger partial charge in [0.1, 0.15) is 5.58 Å². The molecular weight excluding hydrogens is 1100 g/mol. The van der Waals surface area contributed by atoms with E-state index in [1.165, 1.54) is 5.56 Å². The van der Waals surface area contributed by atoms with Gasteiger partial charge < -0.3 is 19.4 Å². The summed E-state index contributed by atoms with van der Waals surface area (Å²) < 4.78 is 6.37. The van der Waals surface area contributed by atoms with E-state index in [0.29, 0.717) is 0 Å². The van der Waals surface area contributed by atoms with Crippen LogP contribution in [-0.2, 0) is 32.9 Å². The number of hydrogen-bond donors (Lipinski definition) is 0. The number of furan rings is 1. The molecule has 0 atom stereocenters. The van der Waals surface area contributed by atoms with Crippen LogP contribution in [0.4, 0.5) is 0 Å². The van der Waals surface area contributed by atoms with Crippen molar-refractivity contribution in [1.29, 1.82) is 0 Å². The van der Waals surface area contributed by atoms with Crippen molar-refractivity contribution < 1.29 is 24.5 Å². The molecule has 0 saturated carbocycles. The summed E-state index contributed by atoms with van der Waals surface area (Å²) in [6, 6.07) is 93.0. The molecule has 13 aromatic rings. The smallest absolute Gasteiger partial charge is 0.501 e. The summed E-state index contributed by atoms with van der Waals surface area (Å²) in [7, 11) is 0. The van der Waals surface area contributed by atoms with Gasteiger partial charge in [0, 0.05) is 35.1 Å². The van der Waals surface area contributed by atoms with E-state index in [9.17, 15) is 0 Å². The first-order valence-corrected chi connectivity index (χ1v) is 25.3. The molecule has 9 aromatic carbocycles. The topological polar surface area (TPSA) is 51.8 Å². The largest absolute Gasteiger partial charge is 3.00 e. The molecule has 5 heteroatoms. The third-order valence-electron chi connectivity index (χ3n) is 14.1. The van der Waals surface area contributed by atoms with Crippen LogP contribution in [0.2, 0.25) is 0 Å². The van der Waals surface area contributed by atoms with Gasteiger partial charge in [0.15, 0.2) is 0 Å². The number of hydrogen-bond acceptors (Lipinski definition) is 4. The Morgan fingerprint density at radius 2 is 0.842 bits per heavy atom. The molecule has 0 spiro atoms. The van der Waals surface area contributed by atoms with Crippen LogP contribution in [0.5, 0.6) is 0 Å². The van der Waals surface area contributed by atoms with Crippen molar-refractivity contribution in [3.05, 3.63) is 285 Å². The molecule has 0 N–H and O–H groups in total. The number of pyridine rings is 3. The van der Waals surface area contributed by atoms with E-state index in [0.717, 1.165) is 141 Å². The Morgan fingerprint density at radius 1 is 0.329 bits per heavy atom. The first-order valence-electron chi connectivity index (χ1n) is 25.3. The van der Waals surface area contributed by atoms with Gasteiger partial charge in [-0.25, -0.2) is 0 Å². The van der Waals surface area contributed by atoms with E-state index >= 15 is 0 Å². The normalized spacial score (nSPS) is 11.2. The fourth-order valence-electron chi connectivity index (χ4n) is 10.4. The Labute approximate surface area is 456 Å². The number of aryl methyl sites for hydroxylation is 2. The molecule has 0 fully saturated rings. The van der Waals surface area contributed by atoms with Crippen LogP contribution in [0.25, 0.3) is 122 Å². The Balaban J connectivity index is 0.00000582. The maximum Gasteiger partial charge on any atom is 3.00 e. The van der Waals surface area contributed by atoms with Crippen molar-refractivity contribution in [3.8, 4) is 101 Å². The molecule has 13 rings (SSSR count). The predicted octanol–water partition coefficient (Wildman–Crippen LogP) is 18.0. The Morgan fingerprint density at radius 3 is 1.39 bits per heavy atom. The SMILES string of the molecule is [Ir+3].[c-]1ccccc1-c1cc(-c2ccccc2)c(-c2ccccc2-c2cc(CCc3ccc(-c4[c-]ccc5c4oc4ccccc45)nc3)cc(-c3ccccc3-c3cnc(-c4[c-]cccc4)cc3-c3ccccc3)c2)cn1. The molecule has 4 aromatic heterocycles. The van der Waals surface area contributed by atoms with Crippen molar-refractivity contribution in [2.45, 2.75) is 12.8 Å². The van der Waals surface area contributed by atoms with Crippen LogP contribution in [0.1, 0.15) is 11.1 Å². The van der Waals surface area contributed by atoms with Crippen molar-refractivity contribution in [2.24, 2.45) is 0 Å². The first kappa shape index (κ1) is 47.9. The molecule has 0 bridgehead atoms. The van der Waals surface area contributed by atoms with Crippen LogP contribution in [0.15, 0.2) is 260 Å². The molecular formula is C71H46IrN3O. The van der Waals surface area contributed by atoms with Gasteiger partial charge >= 0.3 is 20.1 Å². The summed E-state index contributed by atoms with van der Waals surface area (Å²) in [6.45, 7) is 0. The molecule has 0 unspecified atom stereocenters. The molecule has 0 aliphatic carbocycles. The molecule has 0 aliphatic heterocycles. The van der Waals surface area contributed by atoms with Crippen molar-refractivity contribution >= 4 is 21.9 Å². The van der Waals surface area contributed by atoms with E-state index in [-0.39, 0.29) is 20.1 Å². The van der Waals surface area contributed by atoms with Gasteiger partial charge in [-0.15, -0.1) is 90.0 Å². The second kappa shape index (κ2) is 21.4. The minimum absolute atomic E-state index is 0. The van der Waals surface area contributed by atoms with Crippen LogP contribution >= 0.6 is 0 Å². The van der Waals surface area contributed by atoms with Gasteiger partial charge in [-0.1, -0.05) is 175 Å². The number of nitrogens with zero attached hydrogens (tertiary/aromatic N) is 3. The molecule has 360 valence electrons. The van der Waals surface area contributed by atoms with Crippen LogP contribution in [-0.4, -0.2) is 15.0 Å². The van der Waals surface area contributed by atoms with E-state index in [1.807, 2.05) is 79.3 Å². The summed E-state index contributed by atoms with van der Waals surface area (Å²) in [5.41, 5.74) is 22.6. The molecule has 4 heterocycles. The summed E-state index contributed by atoms with van der Waals surface area (Å²) in [5.74, 6) is 0. The van der Waals surface area contributed by atoms with Gasteiger partial charge in [-0.05, 0) is 109 Å². The maximum atomic E-state index is 6.37. The molecule has 0 amide bonds. The second-order valence-electron chi connectivity index (χ2n) is 18.8. The zero-order chi connectivity index (χ0) is 49.9. The van der Waals surface area contributed by atoms with E-state index < -0.39 is 0 Å². The van der Waals surface area contributed by atoms with Crippen LogP contribution < -0.4 is 0 Å². The zero-order valence-electron chi connectivity index (χ0n) is 41.2. The molecule has 4 nitrogen and oxygen atoms in total. The summed E-state index contributed by atoms with van der Waals surface area (Å²) in [5, 5.41) is 2.15. The number of rotatable bonds is 12. The summed E-state index contributed by atoms with van der Waals surface area (Å²) >= 11 is 0. The van der Waals surface area contributed by atoms with Crippen molar-refractivity contribution in [1.82, 2.24) is 15.0 Å².